The molecule has 0 spiro atoms. The van der Waals surface area contributed by atoms with Gasteiger partial charge in [0.15, 0.2) is 0 Å². The van der Waals surface area contributed by atoms with Crippen molar-refractivity contribution in [2.24, 2.45) is 11.8 Å². The molecule has 1 aromatic heterocycles. The Kier molecular flexibility index (Phi) is 7.40. The number of anilines is 2. The van der Waals surface area contributed by atoms with Gasteiger partial charge in [-0.3, -0.25) is 25.8 Å². The van der Waals surface area contributed by atoms with E-state index in [0.29, 0.717) is 13.1 Å². The number of carbonyl (C=O) groups is 1. The lowest BCUT2D eigenvalue weighted by Crippen LogP contribution is -2.34. The van der Waals surface area contributed by atoms with Crippen molar-refractivity contribution in [2.75, 3.05) is 23.4 Å². The molecule has 1 heterocycles. The normalized spacial score (nSPS) is 10.9. The van der Waals surface area contributed by atoms with Crippen molar-refractivity contribution in [2.45, 2.75) is 27.7 Å². The molecule has 0 unspecified atom stereocenters. The molecule has 0 aliphatic rings. The monoisotopic (exact) mass is 404 g/mol. The van der Waals surface area contributed by atoms with E-state index in [1.807, 2.05) is 32.6 Å². The molecule has 2 N–H and O–H groups in total. The first-order valence-corrected chi connectivity index (χ1v) is 9.25. The molecule has 0 aliphatic heterocycles. The van der Waals surface area contributed by atoms with Gasteiger partial charge in [0.2, 0.25) is 11.6 Å². The van der Waals surface area contributed by atoms with Gasteiger partial charge in [-0.05, 0) is 24.0 Å². The molecular weight excluding hydrogens is 379 g/mol. The van der Waals surface area contributed by atoms with Crippen LogP contribution in [0.4, 0.5) is 21.7 Å². The highest BCUT2D eigenvalue weighted by molar-refractivity contribution is 5.95. The number of hydrogen-bond acceptors (Lipinski definition) is 7. The van der Waals surface area contributed by atoms with Gasteiger partial charge in [0.05, 0.1) is 10.5 Å². The van der Waals surface area contributed by atoms with Crippen LogP contribution in [0.5, 0.6) is 0 Å². The Morgan fingerprint density at radius 1 is 1.17 bits per heavy atom. The van der Waals surface area contributed by atoms with Gasteiger partial charge >= 0.3 is 5.69 Å². The van der Waals surface area contributed by atoms with Gasteiger partial charge in [-0.15, -0.1) is 0 Å². The summed E-state index contributed by atoms with van der Waals surface area (Å²) in [7, 11) is 0. The van der Waals surface area contributed by atoms with Crippen molar-refractivity contribution in [3.63, 3.8) is 0 Å². The lowest BCUT2D eigenvalue weighted by Gasteiger charge is -2.27. The molecule has 0 atom stereocenters. The number of amides is 1. The fourth-order valence-corrected chi connectivity index (χ4v) is 2.82. The van der Waals surface area contributed by atoms with Gasteiger partial charge in [-0.2, -0.15) is 0 Å². The zero-order chi connectivity index (χ0) is 21.6. The summed E-state index contributed by atoms with van der Waals surface area (Å²) >= 11 is 0. The fraction of sp³-hybridized carbons (Fsp3) is 0.421. The van der Waals surface area contributed by atoms with E-state index in [9.17, 15) is 19.3 Å². The maximum atomic E-state index is 13.8. The Morgan fingerprint density at radius 2 is 1.79 bits per heavy atom. The van der Waals surface area contributed by atoms with E-state index in [-0.39, 0.29) is 34.7 Å². The number of benzene rings is 1. The Labute approximate surface area is 168 Å². The Morgan fingerprint density at radius 3 is 2.34 bits per heavy atom. The second kappa shape index (κ2) is 9.76. The fourth-order valence-electron chi connectivity index (χ4n) is 2.82. The van der Waals surface area contributed by atoms with E-state index >= 15 is 0 Å². The van der Waals surface area contributed by atoms with Crippen LogP contribution < -0.4 is 15.8 Å². The average molecular weight is 404 g/mol. The molecule has 9 nitrogen and oxygen atoms in total. The predicted octanol–water partition coefficient (Wildman–Crippen LogP) is 3.40. The third-order valence-electron chi connectivity index (χ3n) is 3.87. The number of hydrogen-bond donors (Lipinski definition) is 2. The predicted molar refractivity (Wildman–Crippen MR) is 108 cm³/mol. The standard InChI is InChI=1S/C19H25FN6O3/c1-12(2)9-25(10-13(3)4)18-16(26(28)29)17(21-11-22-18)23-24-19(27)14-7-5-6-8-15(14)20/h5-8,11-13H,9-10H2,1-4H3,(H,24,27)(H,21,22,23). The van der Waals surface area contributed by atoms with Crippen LogP contribution in [0, 0.1) is 27.8 Å². The molecule has 0 aliphatic carbocycles. The third kappa shape index (κ3) is 5.84. The molecule has 0 bridgehead atoms. The quantitative estimate of drug-likeness (QED) is 0.486. The van der Waals surface area contributed by atoms with Crippen LogP contribution in [-0.4, -0.2) is 33.9 Å². The van der Waals surface area contributed by atoms with Crippen molar-refractivity contribution in [3.05, 3.63) is 52.1 Å². The summed E-state index contributed by atoms with van der Waals surface area (Å²) in [6, 6.07) is 5.42. The summed E-state index contributed by atoms with van der Waals surface area (Å²) in [5.74, 6) is -0.998. The summed E-state index contributed by atoms with van der Waals surface area (Å²) in [4.78, 5) is 33.2. The number of nitrogens with one attached hydrogen (secondary N) is 2. The molecule has 2 aromatic rings. The number of carbonyl (C=O) groups excluding carboxylic acids is 1. The number of nitro groups is 1. The molecular formula is C19H25FN6O3. The maximum Gasteiger partial charge on any atom is 0.355 e. The summed E-state index contributed by atoms with van der Waals surface area (Å²) in [5.41, 5.74) is 4.14. The van der Waals surface area contributed by atoms with E-state index in [4.69, 9.17) is 0 Å². The van der Waals surface area contributed by atoms with Crippen LogP contribution >= 0.6 is 0 Å². The van der Waals surface area contributed by atoms with Crippen molar-refractivity contribution in [1.29, 1.82) is 0 Å². The van der Waals surface area contributed by atoms with Crippen LogP contribution in [0.2, 0.25) is 0 Å². The van der Waals surface area contributed by atoms with Crippen molar-refractivity contribution in [1.82, 2.24) is 15.4 Å². The highest BCUT2D eigenvalue weighted by Crippen LogP contribution is 2.32. The lowest BCUT2D eigenvalue weighted by atomic mass is 10.1. The van der Waals surface area contributed by atoms with Gasteiger partial charge in [0, 0.05) is 13.1 Å². The maximum absolute atomic E-state index is 13.8. The second-order valence-electron chi connectivity index (χ2n) is 7.40. The summed E-state index contributed by atoms with van der Waals surface area (Å²) in [6.45, 7) is 9.17. The van der Waals surface area contributed by atoms with Crippen molar-refractivity contribution < 1.29 is 14.1 Å². The van der Waals surface area contributed by atoms with E-state index in [1.165, 1.54) is 24.5 Å². The number of rotatable bonds is 9. The largest absolute Gasteiger partial charge is 0.355 e. The molecule has 29 heavy (non-hydrogen) atoms. The number of halogens is 1. The smallest absolute Gasteiger partial charge is 0.350 e. The highest BCUT2D eigenvalue weighted by Gasteiger charge is 2.28. The van der Waals surface area contributed by atoms with E-state index in [2.05, 4.69) is 20.8 Å². The zero-order valence-electron chi connectivity index (χ0n) is 16.8. The second-order valence-corrected chi connectivity index (χ2v) is 7.40. The van der Waals surface area contributed by atoms with Crippen LogP contribution in [0.1, 0.15) is 38.1 Å². The summed E-state index contributed by atoms with van der Waals surface area (Å²) < 4.78 is 13.8. The van der Waals surface area contributed by atoms with Crippen LogP contribution in [0.3, 0.4) is 0 Å². The summed E-state index contributed by atoms with van der Waals surface area (Å²) in [6.07, 6.45) is 1.19. The molecule has 2 rings (SSSR count). The Bertz CT molecular complexity index is 865. The zero-order valence-corrected chi connectivity index (χ0v) is 16.8. The van der Waals surface area contributed by atoms with Gasteiger partial charge in [0.1, 0.15) is 12.1 Å². The lowest BCUT2D eigenvalue weighted by molar-refractivity contribution is -0.383. The van der Waals surface area contributed by atoms with Gasteiger partial charge < -0.3 is 4.90 Å². The van der Waals surface area contributed by atoms with Gasteiger partial charge in [0.25, 0.3) is 5.91 Å². The average Bonchev–Trinajstić information content (AvgIpc) is 2.64. The van der Waals surface area contributed by atoms with E-state index in [1.54, 1.807) is 0 Å². The van der Waals surface area contributed by atoms with Crippen molar-refractivity contribution >= 4 is 23.2 Å². The number of hydrazine groups is 1. The van der Waals surface area contributed by atoms with Crippen molar-refractivity contribution in [3.8, 4) is 0 Å². The molecule has 0 fully saturated rings. The van der Waals surface area contributed by atoms with Gasteiger partial charge in [-0.25, -0.2) is 14.4 Å². The first kappa shape index (κ1) is 22.0. The minimum absolute atomic E-state index is 0.162. The number of aromatic nitrogens is 2. The minimum atomic E-state index is -0.779. The molecule has 0 saturated heterocycles. The van der Waals surface area contributed by atoms with E-state index in [0.717, 1.165) is 6.07 Å². The Hall–Kier alpha value is -3.30. The van der Waals surface area contributed by atoms with Crippen LogP contribution in [0.25, 0.3) is 0 Å². The highest BCUT2D eigenvalue weighted by atomic mass is 19.1. The Balaban J connectivity index is 2.33. The molecule has 10 heteroatoms. The number of nitrogens with zero attached hydrogens (tertiary/aromatic N) is 4. The first-order chi connectivity index (χ1) is 13.7. The third-order valence-corrected chi connectivity index (χ3v) is 3.87. The molecule has 1 amide bonds. The van der Waals surface area contributed by atoms with Crippen LogP contribution in [-0.2, 0) is 0 Å². The minimum Gasteiger partial charge on any atom is -0.350 e. The molecule has 156 valence electrons. The topological polar surface area (TPSA) is 113 Å². The SMILES string of the molecule is CC(C)CN(CC(C)C)c1ncnc(NNC(=O)c2ccccc2F)c1[N+](=O)[O-]. The molecule has 1 aromatic carbocycles. The van der Waals surface area contributed by atoms with Crippen LogP contribution in [0.15, 0.2) is 30.6 Å². The summed E-state index contributed by atoms with van der Waals surface area (Å²) in [5, 5.41) is 11.8. The van der Waals surface area contributed by atoms with E-state index < -0.39 is 16.6 Å². The molecule has 0 radical (unpaired) electrons. The molecule has 0 saturated carbocycles. The van der Waals surface area contributed by atoms with Gasteiger partial charge in [-0.1, -0.05) is 39.8 Å². The first-order valence-electron chi connectivity index (χ1n) is 9.25.